The van der Waals surface area contributed by atoms with Crippen LogP contribution in [-0.4, -0.2) is 24.1 Å². The molecule has 6 nitrogen and oxygen atoms in total. The monoisotopic (exact) mass is 264 g/mol. The van der Waals surface area contributed by atoms with E-state index in [9.17, 15) is 0 Å². The van der Waals surface area contributed by atoms with Gasteiger partial charge in [0, 0.05) is 0 Å². The highest BCUT2D eigenvalue weighted by Crippen LogP contribution is 2.21. The molecule has 0 amide bonds. The first-order chi connectivity index (χ1) is 9.74. The Morgan fingerprint density at radius 3 is 2.85 bits per heavy atom. The van der Waals surface area contributed by atoms with E-state index in [0.717, 1.165) is 28.1 Å². The zero-order chi connectivity index (χ0) is 13.7. The Morgan fingerprint density at radius 2 is 1.95 bits per heavy atom. The van der Waals surface area contributed by atoms with Crippen molar-refractivity contribution in [2.24, 2.45) is 0 Å². The van der Waals surface area contributed by atoms with E-state index in [4.69, 9.17) is 5.73 Å². The number of aromatic nitrogens is 5. The van der Waals surface area contributed by atoms with Crippen molar-refractivity contribution in [2.75, 3.05) is 5.73 Å². The number of fused-ring (bicyclic) bond motifs is 2. The van der Waals surface area contributed by atoms with Crippen LogP contribution in [0.2, 0.25) is 0 Å². The zero-order valence-corrected chi connectivity index (χ0v) is 10.9. The summed E-state index contributed by atoms with van der Waals surface area (Å²) >= 11 is 0. The fourth-order valence-corrected chi connectivity index (χ4v) is 2.48. The number of hydrogen-bond donors (Lipinski definition) is 1. The van der Waals surface area contributed by atoms with Crippen LogP contribution in [0.1, 0.15) is 5.69 Å². The number of benzene rings is 1. The van der Waals surface area contributed by atoms with E-state index in [2.05, 4.69) is 15.1 Å². The molecule has 0 bridgehead atoms. The number of aryl methyl sites for hydroxylation is 1. The van der Waals surface area contributed by atoms with E-state index in [1.807, 2.05) is 54.2 Å². The summed E-state index contributed by atoms with van der Waals surface area (Å²) in [6.07, 6.45) is 1.82. The van der Waals surface area contributed by atoms with Crippen molar-refractivity contribution < 1.29 is 0 Å². The molecule has 6 heteroatoms. The van der Waals surface area contributed by atoms with E-state index in [1.54, 1.807) is 4.52 Å². The van der Waals surface area contributed by atoms with E-state index < -0.39 is 0 Å². The molecule has 4 aromatic rings. The number of nitrogens with zero attached hydrogens (tertiary/aromatic N) is 5. The second-order valence-electron chi connectivity index (χ2n) is 4.65. The number of hydrogen-bond acceptors (Lipinski definition) is 4. The number of rotatable bonds is 1. The van der Waals surface area contributed by atoms with Gasteiger partial charge in [-0.25, -0.2) is 9.50 Å². The van der Waals surface area contributed by atoms with E-state index in [0.29, 0.717) is 0 Å². The third-order valence-corrected chi connectivity index (χ3v) is 3.44. The number of pyridine rings is 1. The predicted octanol–water partition coefficient (Wildman–Crippen LogP) is 1.96. The van der Waals surface area contributed by atoms with Gasteiger partial charge < -0.3 is 5.73 Å². The van der Waals surface area contributed by atoms with Crippen molar-refractivity contribution in [3.8, 4) is 5.69 Å². The van der Waals surface area contributed by atoms with Crippen molar-refractivity contribution in [1.82, 2.24) is 24.1 Å². The van der Waals surface area contributed by atoms with Gasteiger partial charge in [0.1, 0.15) is 6.33 Å². The minimum absolute atomic E-state index is 0.278. The first-order valence-corrected chi connectivity index (χ1v) is 6.28. The third kappa shape index (κ3) is 1.41. The lowest BCUT2D eigenvalue weighted by Gasteiger charge is -2.09. The molecule has 2 N–H and O–H groups in total. The summed E-state index contributed by atoms with van der Waals surface area (Å²) in [5.74, 6) is 0.278. The maximum atomic E-state index is 5.66. The van der Waals surface area contributed by atoms with Crippen molar-refractivity contribution in [3.63, 3.8) is 0 Å². The van der Waals surface area contributed by atoms with Crippen LogP contribution in [0.15, 0.2) is 42.7 Å². The molecule has 3 heterocycles. The Balaban J connectivity index is 2.04. The molecular formula is C14H12N6. The molecule has 0 saturated heterocycles. The largest absolute Gasteiger partial charge is 0.366 e. The summed E-state index contributed by atoms with van der Waals surface area (Å²) in [6.45, 7) is 1.99. The highest BCUT2D eigenvalue weighted by atomic mass is 15.3. The quantitative estimate of drug-likeness (QED) is 0.570. The molecule has 0 fully saturated rings. The average Bonchev–Trinajstić information content (AvgIpc) is 3.03. The highest BCUT2D eigenvalue weighted by molar-refractivity contribution is 5.77. The molecule has 0 aliphatic heterocycles. The number of imidazole rings is 1. The second kappa shape index (κ2) is 3.80. The molecule has 0 radical (unpaired) electrons. The fourth-order valence-electron chi connectivity index (χ4n) is 2.48. The minimum atomic E-state index is 0.278. The second-order valence-corrected chi connectivity index (χ2v) is 4.65. The van der Waals surface area contributed by atoms with Crippen LogP contribution in [0, 0.1) is 6.92 Å². The van der Waals surface area contributed by atoms with Gasteiger partial charge in [0.25, 0.3) is 0 Å². The van der Waals surface area contributed by atoms with Gasteiger partial charge in [-0.05, 0) is 31.2 Å². The average molecular weight is 264 g/mol. The first kappa shape index (κ1) is 11.0. The fraction of sp³-hybridized carbons (Fsp3) is 0.0714. The van der Waals surface area contributed by atoms with Gasteiger partial charge in [-0.1, -0.05) is 12.1 Å². The zero-order valence-electron chi connectivity index (χ0n) is 10.9. The molecular weight excluding hydrogens is 252 g/mol. The van der Waals surface area contributed by atoms with E-state index >= 15 is 0 Å². The van der Waals surface area contributed by atoms with Crippen molar-refractivity contribution in [2.45, 2.75) is 6.92 Å². The van der Waals surface area contributed by atoms with Crippen molar-refractivity contribution in [1.29, 1.82) is 0 Å². The van der Waals surface area contributed by atoms with Crippen LogP contribution >= 0.6 is 0 Å². The molecule has 0 saturated carbocycles. The van der Waals surface area contributed by atoms with Crippen molar-refractivity contribution in [3.05, 3.63) is 48.4 Å². The maximum Gasteiger partial charge on any atom is 0.240 e. The van der Waals surface area contributed by atoms with Gasteiger partial charge in [0.15, 0.2) is 5.65 Å². The Morgan fingerprint density at radius 1 is 1.10 bits per heavy atom. The lowest BCUT2D eigenvalue weighted by molar-refractivity contribution is 0.895. The lowest BCUT2D eigenvalue weighted by atomic mass is 10.2. The molecule has 98 valence electrons. The molecule has 0 unspecified atom stereocenters. The normalized spacial score (nSPS) is 11.4. The molecule has 20 heavy (non-hydrogen) atoms. The van der Waals surface area contributed by atoms with Gasteiger partial charge in [0.2, 0.25) is 5.95 Å². The molecule has 4 rings (SSSR count). The molecule has 0 spiro atoms. The van der Waals surface area contributed by atoms with Crippen LogP contribution in [0.3, 0.4) is 0 Å². The summed E-state index contributed by atoms with van der Waals surface area (Å²) in [6, 6.07) is 11.9. The lowest BCUT2D eigenvalue weighted by Crippen LogP contribution is -2.02. The molecule has 1 aromatic carbocycles. The van der Waals surface area contributed by atoms with Crippen LogP contribution in [0.4, 0.5) is 5.95 Å². The van der Waals surface area contributed by atoms with Gasteiger partial charge in [-0.15, -0.1) is 5.10 Å². The molecule has 0 aliphatic rings. The minimum Gasteiger partial charge on any atom is -0.366 e. The maximum absolute atomic E-state index is 5.66. The number of anilines is 1. The van der Waals surface area contributed by atoms with Crippen LogP contribution in [-0.2, 0) is 0 Å². The summed E-state index contributed by atoms with van der Waals surface area (Å²) < 4.78 is 3.79. The Labute approximate surface area is 114 Å². The highest BCUT2D eigenvalue weighted by Gasteiger charge is 2.11. The Kier molecular flexibility index (Phi) is 2.09. The van der Waals surface area contributed by atoms with E-state index in [-0.39, 0.29) is 5.95 Å². The van der Waals surface area contributed by atoms with Crippen molar-refractivity contribution >= 4 is 22.6 Å². The summed E-state index contributed by atoms with van der Waals surface area (Å²) in [5.41, 5.74) is 10.4. The number of para-hydroxylation sites is 2. The molecule has 0 atom stereocenters. The van der Waals surface area contributed by atoms with E-state index in [1.165, 1.54) is 0 Å². The van der Waals surface area contributed by atoms with Crippen LogP contribution in [0.5, 0.6) is 0 Å². The van der Waals surface area contributed by atoms with Gasteiger partial charge in [-0.3, -0.25) is 4.57 Å². The smallest absolute Gasteiger partial charge is 0.240 e. The van der Waals surface area contributed by atoms with Crippen LogP contribution in [0.25, 0.3) is 22.4 Å². The summed E-state index contributed by atoms with van der Waals surface area (Å²) in [4.78, 5) is 8.58. The Hall–Kier alpha value is -2.89. The Bertz CT molecular complexity index is 933. The number of nitrogens with two attached hydrogens (primary N) is 1. The van der Waals surface area contributed by atoms with Crippen LogP contribution < -0.4 is 5.73 Å². The van der Waals surface area contributed by atoms with Gasteiger partial charge >= 0.3 is 0 Å². The topological polar surface area (TPSA) is 74.0 Å². The molecule has 3 aromatic heterocycles. The first-order valence-electron chi connectivity index (χ1n) is 6.28. The predicted molar refractivity (Wildman–Crippen MR) is 76.8 cm³/mol. The van der Waals surface area contributed by atoms with Gasteiger partial charge in [0.05, 0.1) is 22.4 Å². The third-order valence-electron chi connectivity index (χ3n) is 3.44. The summed E-state index contributed by atoms with van der Waals surface area (Å²) in [7, 11) is 0. The SMILES string of the molecule is Cc1c(-n2cnc3ccccc32)ccc2nc(N)nn12. The summed E-state index contributed by atoms with van der Waals surface area (Å²) in [5, 5.41) is 4.21. The van der Waals surface area contributed by atoms with Gasteiger partial charge in [-0.2, -0.15) is 4.98 Å². The number of nitrogen functional groups attached to an aromatic ring is 1. The standard InChI is InChI=1S/C14H12N6/c1-9-11(6-7-13-17-14(15)18-20(9)13)19-8-16-10-4-2-3-5-12(10)19/h2-8H,1H3,(H2,15,18). The molecule has 0 aliphatic carbocycles.